The highest BCUT2D eigenvalue weighted by Crippen LogP contribution is 2.43. The van der Waals surface area contributed by atoms with E-state index in [1.165, 1.54) is 10.9 Å². The lowest BCUT2D eigenvalue weighted by atomic mass is 9.85. The number of benzene rings is 1. The predicted octanol–water partition coefficient (Wildman–Crippen LogP) is 4.90. The molecule has 3 aromatic rings. The second-order valence-electron chi connectivity index (χ2n) is 8.32. The molecule has 2 aliphatic rings. The first kappa shape index (κ1) is 18.4. The normalized spacial score (nSPS) is 27.5. The summed E-state index contributed by atoms with van der Waals surface area (Å²) in [6.07, 6.45) is 9.63. The molecule has 0 amide bonds. The number of fused-ring (bicyclic) bond motifs is 3. The maximum absolute atomic E-state index is 11.4. The molecule has 4 nitrogen and oxygen atoms in total. The monoisotopic (exact) mass is 415 g/mol. The van der Waals surface area contributed by atoms with E-state index in [0.717, 1.165) is 37.7 Å². The van der Waals surface area contributed by atoms with E-state index in [2.05, 4.69) is 26.7 Å². The largest absolute Gasteiger partial charge is 0.388 e. The molecule has 0 unspecified atom stereocenters. The van der Waals surface area contributed by atoms with Crippen molar-refractivity contribution in [3.05, 3.63) is 64.5 Å². The molecule has 2 atom stereocenters. The molecule has 0 spiro atoms. The second kappa shape index (κ2) is 7.03. The van der Waals surface area contributed by atoms with Gasteiger partial charge in [-0.25, -0.2) is 0 Å². The van der Waals surface area contributed by atoms with Gasteiger partial charge in [0, 0.05) is 36.4 Å². The molecule has 5 rings (SSSR count). The third-order valence-corrected chi connectivity index (χ3v) is 7.13. The first-order valence-corrected chi connectivity index (χ1v) is 10.6. The molecular weight excluding hydrogens is 393 g/mol. The number of pyridine rings is 1. The van der Waals surface area contributed by atoms with Gasteiger partial charge in [0.2, 0.25) is 0 Å². The minimum absolute atomic E-state index is 0.401. The molecule has 1 N–H and O–H groups in total. The van der Waals surface area contributed by atoms with Gasteiger partial charge >= 0.3 is 0 Å². The molecule has 28 heavy (non-hydrogen) atoms. The summed E-state index contributed by atoms with van der Waals surface area (Å²) < 4.78 is 2.15. The Morgan fingerprint density at radius 1 is 1.07 bits per heavy atom. The number of piperidine rings is 1. The van der Waals surface area contributed by atoms with Gasteiger partial charge in [-0.1, -0.05) is 29.3 Å². The van der Waals surface area contributed by atoms with E-state index in [9.17, 15) is 5.11 Å². The Hall–Kier alpha value is -1.59. The Labute approximate surface area is 174 Å². The Kier molecular flexibility index (Phi) is 4.63. The van der Waals surface area contributed by atoms with E-state index < -0.39 is 5.60 Å². The number of halogens is 2. The third-order valence-electron chi connectivity index (χ3n) is 6.39. The van der Waals surface area contributed by atoms with Crippen molar-refractivity contribution in [1.29, 1.82) is 0 Å². The second-order valence-corrected chi connectivity index (χ2v) is 9.13. The summed E-state index contributed by atoms with van der Waals surface area (Å²) in [4.78, 5) is 6.79. The van der Waals surface area contributed by atoms with E-state index >= 15 is 0 Å². The van der Waals surface area contributed by atoms with E-state index in [0.29, 0.717) is 28.7 Å². The number of rotatable bonds is 4. The van der Waals surface area contributed by atoms with Crippen LogP contribution in [0.3, 0.4) is 0 Å². The van der Waals surface area contributed by atoms with Gasteiger partial charge in [0.25, 0.3) is 0 Å². The number of hydrogen-bond acceptors (Lipinski definition) is 3. The Balaban J connectivity index is 1.33. The minimum atomic E-state index is -0.679. The molecule has 4 heterocycles. The number of hydrogen-bond donors (Lipinski definition) is 1. The van der Waals surface area contributed by atoms with Crippen molar-refractivity contribution in [2.75, 3.05) is 0 Å². The van der Waals surface area contributed by atoms with Crippen LogP contribution < -0.4 is 0 Å². The Morgan fingerprint density at radius 3 is 2.61 bits per heavy atom. The molecule has 2 fully saturated rings. The molecule has 1 aromatic carbocycles. The van der Waals surface area contributed by atoms with Gasteiger partial charge < -0.3 is 9.67 Å². The molecule has 2 saturated heterocycles. The average Bonchev–Trinajstić information content (AvgIpc) is 3.17. The van der Waals surface area contributed by atoms with Crippen LogP contribution >= 0.6 is 23.2 Å². The zero-order valence-corrected chi connectivity index (χ0v) is 17.1. The lowest BCUT2D eigenvalue weighted by molar-refractivity contribution is -0.0644. The maximum atomic E-state index is 11.4. The van der Waals surface area contributed by atoms with Crippen LogP contribution in [0.1, 0.15) is 31.2 Å². The SMILES string of the molecule is OC1(Cn2ccc3ccncc32)C[C@@H]2CC[C@@H](C1)N2Cc1ccc(Cl)c(Cl)c1. The zero-order chi connectivity index (χ0) is 19.3. The van der Waals surface area contributed by atoms with Crippen molar-refractivity contribution >= 4 is 34.1 Å². The summed E-state index contributed by atoms with van der Waals surface area (Å²) in [5, 5.41) is 13.8. The summed E-state index contributed by atoms with van der Waals surface area (Å²) in [7, 11) is 0. The fourth-order valence-electron chi connectivity index (χ4n) is 5.13. The third kappa shape index (κ3) is 3.33. The fraction of sp³-hybridized carbons (Fsp3) is 0.409. The van der Waals surface area contributed by atoms with E-state index in [1.54, 1.807) is 0 Å². The van der Waals surface area contributed by atoms with Gasteiger partial charge in [-0.15, -0.1) is 0 Å². The molecule has 146 valence electrons. The van der Waals surface area contributed by atoms with Gasteiger partial charge in [-0.05, 0) is 55.5 Å². The molecule has 2 aliphatic heterocycles. The molecular formula is C22H23Cl2N3O. The summed E-state index contributed by atoms with van der Waals surface area (Å²) in [6, 6.07) is 10.8. The Morgan fingerprint density at radius 2 is 1.86 bits per heavy atom. The van der Waals surface area contributed by atoms with Crippen LogP contribution in [-0.4, -0.2) is 37.2 Å². The summed E-state index contributed by atoms with van der Waals surface area (Å²) in [5.41, 5.74) is 1.59. The first-order valence-electron chi connectivity index (χ1n) is 9.82. The van der Waals surface area contributed by atoms with Gasteiger partial charge in [0.1, 0.15) is 0 Å². The van der Waals surface area contributed by atoms with Crippen LogP contribution in [0.5, 0.6) is 0 Å². The lowest BCUT2D eigenvalue weighted by Gasteiger charge is -2.44. The predicted molar refractivity (Wildman–Crippen MR) is 113 cm³/mol. The van der Waals surface area contributed by atoms with Crippen molar-refractivity contribution in [3.8, 4) is 0 Å². The summed E-state index contributed by atoms with van der Waals surface area (Å²) in [5.74, 6) is 0. The van der Waals surface area contributed by atoms with Gasteiger partial charge in [0.05, 0.1) is 33.9 Å². The van der Waals surface area contributed by atoms with Crippen LogP contribution in [0.25, 0.3) is 10.9 Å². The highest BCUT2D eigenvalue weighted by molar-refractivity contribution is 6.42. The highest BCUT2D eigenvalue weighted by atomic mass is 35.5. The van der Waals surface area contributed by atoms with Gasteiger partial charge in [-0.2, -0.15) is 0 Å². The Bertz CT molecular complexity index is 1000. The quantitative estimate of drug-likeness (QED) is 0.658. The van der Waals surface area contributed by atoms with Gasteiger partial charge in [-0.3, -0.25) is 9.88 Å². The molecule has 0 radical (unpaired) electrons. The molecule has 2 bridgehead atoms. The van der Waals surface area contributed by atoms with Crippen LogP contribution in [0.4, 0.5) is 0 Å². The number of nitrogens with zero attached hydrogens (tertiary/aromatic N) is 3. The van der Waals surface area contributed by atoms with Crippen molar-refractivity contribution in [2.24, 2.45) is 0 Å². The van der Waals surface area contributed by atoms with E-state index in [4.69, 9.17) is 23.2 Å². The summed E-state index contributed by atoms with van der Waals surface area (Å²) >= 11 is 12.2. The molecule has 6 heteroatoms. The lowest BCUT2D eigenvalue weighted by Crippen LogP contribution is -2.52. The maximum Gasteiger partial charge on any atom is 0.0855 e. The molecule has 0 saturated carbocycles. The number of aliphatic hydroxyl groups is 1. The van der Waals surface area contributed by atoms with Crippen LogP contribution in [0.2, 0.25) is 10.0 Å². The zero-order valence-electron chi connectivity index (χ0n) is 15.6. The molecule has 0 aliphatic carbocycles. The van der Waals surface area contributed by atoms with Gasteiger partial charge in [0.15, 0.2) is 0 Å². The highest BCUT2D eigenvalue weighted by Gasteiger charge is 2.47. The number of aromatic nitrogens is 2. The van der Waals surface area contributed by atoms with Crippen molar-refractivity contribution < 1.29 is 5.11 Å². The van der Waals surface area contributed by atoms with Crippen molar-refractivity contribution in [3.63, 3.8) is 0 Å². The van der Waals surface area contributed by atoms with Crippen molar-refractivity contribution in [2.45, 2.75) is 56.5 Å². The standard InChI is InChI=1S/C22H23Cl2N3O/c23-19-4-1-15(9-20(19)24)13-27-17-2-3-18(27)11-22(28,10-17)14-26-8-6-16-5-7-25-12-21(16)26/h1,4-9,12,17-18,28H,2-3,10-11,13-14H2/t17-,18-/m0/s1. The van der Waals surface area contributed by atoms with E-state index in [1.807, 2.05) is 36.7 Å². The van der Waals surface area contributed by atoms with Crippen LogP contribution in [-0.2, 0) is 13.1 Å². The van der Waals surface area contributed by atoms with E-state index in [-0.39, 0.29) is 0 Å². The average molecular weight is 416 g/mol. The van der Waals surface area contributed by atoms with Crippen molar-refractivity contribution in [1.82, 2.24) is 14.5 Å². The smallest absolute Gasteiger partial charge is 0.0855 e. The molecule has 2 aromatic heterocycles. The first-order chi connectivity index (χ1) is 13.5. The minimum Gasteiger partial charge on any atom is -0.388 e. The van der Waals surface area contributed by atoms with Crippen LogP contribution in [0, 0.1) is 0 Å². The summed E-state index contributed by atoms with van der Waals surface area (Å²) in [6.45, 7) is 1.48. The van der Waals surface area contributed by atoms with Crippen LogP contribution in [0.15, 0.2) is 48.9 Å². The fourth-order valence-corrected chi connectivity index (χ4v) is 5.45. The topological polar surface area (TPSA) is 41.3 Å².